The molecule has 0 N–H and O–H groups in total. The molecule has 7 heteroatoms. The number of alkyl halides is 3. The van der Waals surface area contributed by atoms with Gasteiger partial charge in [-0.25, -0.2) is 4.98 Å². The van der Waals surface area contributed by atoms with Crippen LogP contribution < -0.4 is 0 Å². The summed E-state index contributed by atoms with van der Waals surface area (Å²) in [5, 5.41) is 2.72. The lowest BCUT2D eigenvalue weighted by Gasteiger charge is -2.07. The van der Waals surface area contributed by atoms with Crippen molar-refractivity contribution in [1.82, 2.24) is 9.97 Å². The number of ketones is 1. The van der Waals surface area contributed by atoms with Crippen LogP contribution in [0, 0.1) is 5.92 Å². The molecular formula is C21H17F3N2OS. The predicted octanol–water partition coefficient (Wildman–Crippen LogP) is 5.60. The maximum Gasteiger partial charge on any atom is 0.433 e. The second-order valence-corrected chi connectivity index (χ2v) is 7.77. The van der Waals surface area contributed by atoms with Crippen molar-refractivity contribution in [3.63, 3.8) is 0 Å². The molecule has 0 atom stereocenters. The Morgan fingerprint density at radius 3 is 2.71 bits per heavy atom. The van der Waals surface area contributed by atoms with Crippen molar-refractivity contribution in [2.24, 2.45) is 5.92 Å². The van der Waals surface area contributed by atoms with Crippen LogP contribution in [0.15, 0.2) is 48.0 Å². The molecule has 3 nitrogen and oxygen atoms in total. The number of aryl methyl sites for hydroxylation is 2. The molecule has 0 spiro atoms. The standard InChI is InChI=1S/C21H17F3N2OS/c22-21(23,24)18-10-13(8-9-25-18)4-7-17-12-28-20(26-17)16-3-1-2-15(11-16)19(27)14-5-6-14/h1-3,8-12,14H,4-7H2. The topological polar surface area (TPSA) is 42.9 Å². The quantitative estimate of drug-likeness (QED) is 0.504. The molecular weight excluding hydrogens is 385 g/mol. The zero-order chi connectivity index (χ0) is 19.7. The number of hydrogen-bond donors (Lipinski definition) is 0. The Morgan fingerprint density at radius 2 is 1.96 bits per heavy atom. The van der Waals surface area contributed by atoms with Gasteiger partial charge in [0.15, 0.2) is 5.78 Å². The summed E-state index contributed by atoms with van der Waals surface area (Å²) >= 11 is 1.47. The van der Waals surface area contributed by atoms with Crippen molar-refractivity contribution in [3.05, 3.63) is 70.5 Å². The summed E-state index contributed by atoms with van der Waals surface area (Å²) in [4.78, 5) is 20.2. The zero-order valence-electron chi connectivity index (χ0n) is 14.9. The molecule has 1 fully saturated rings. The maximum atomic E-state index is 12.8. The summed E-state index contributed by atoms with van der Waals surface area (Å²) < 4.78 is 38.3. The molecule has 28 heavy (non-hydrogen) atoms. The summed E-state index contributed by atoms with van der Waals surface area (Å²) in [5.41, 5.74) is 2.14. The van der Waals surface area contributed by atoms with Crippen LogP contribution in [-0.2, 0) is 19.0 Å². The predicted molar refractivity (Wildman–Crippen MR) is 101 cm³/mol. The van der Waals surface area contributed by atoms with E-state index >= 15 is 0 Å². The number of nitrogens with zero attached hydrogens (tertiary/aromatic N) is 2. The first kappa shape index (κ1) is 18.8. The number of pyridine rings is 1. The lowest BCUT2D eigenvalue weighted by Crippen LogP contribution is -2.08. The number of hydrogen-bond acceptors (Lipinski definition) is 4. The highest BCUT2D eigenvalue weighted by Gasteiger charge is 2.32. The van der Waals surface area contributed by atoms with E-state index in [-0.39, 0.29) is 11.7 Å². The van der Waals surface area contributed by atoms with Crippen molar-refractivity contribution in [3.8, 4) is 10.6 Å². The average molecular weight is 402 g/mol. The molecule has 4 rings (SSSR count). The van der Waals surface area contributed by atoms with E-state index in [1.54, 1.807) is 6.07 Å². The molecule has 3 aromatic rings. The summed E-state index contributed by atoms with van der Waals surface area (Å²) in [7, 11) is 0. The number of carbonyl (C=O) groups excluding carboxylic acids is 1. The van der Waals surface area contributed by atoms with E-state index < -0.39 is 11.9 Å². The minimum absolute atomic E-state index is 0.170. The Kier molecular flexibility index (Phi) is 5.02. The van der Waals surface area contributed by atoms with Gasteiger partial charge < -0.3 is 0 Å². The molecule has 2 aromatic heterocycles. The van der Waals surface area contributed by atoms with Gasteiger partial charge in [-0.15, -0.1) is 11.3 Å². The van der Waals surface area contributed by atoms with Crippen LogP contribution in [0.1, 0.15) is 40.2 Å². The van der Waals surface area contributed by atoms with Crippen LogP contribution >= 0.6 is 11.3 Å². The molecule has 2 heterocycles. The van der Waals surface area contributed by atoms with Crippen molar-refractivity contribution in [2.45, 2.75) is 31.9 Å². The molecule has 1 saturated carbocycles. The Bertz CT molecular complexity index is 1010. The van der Waals surface area contributed by atoms with Crippen LogP contribution in [0.2, 0.25) is 0 Å². The molecule has 0 saturated heterocycles. The molecule has 0 bridgehead atoms. The first-order valence-electron chi connectivity index (χ1n) is 9.01. The van der Waals surface area contributed by atoms with Crippen molar-refractivity contribution in [2.75, 3.05) is 0 Å². The third-order valence-electron chi connectivity index (χ3n) is 4.68. The Morgan fingerprint density at radius 1 is 1.14 bits per heavy atom. The Hall–Kier alpha value is -2.54. The van der Waals surface area contributed by atoms with Crippen LogP contribution in [0.3, 0.4) is 0 Å². The third kappa shape index (κ3) is 4.30. The number of Topliss-reactive ketones (excluding diaryl/α,β-unsaturated/α-hetero) is 1. The number of rotatable bonds is 6. The van der Waals surface area contributed by atoms with Crippen molar-refractivity contribution in [1.29, 1.82) is 0 Å². The van der Waals surface area contributed by atoms with E-state index in [4.69, 9.17) is 0 Å². The highest BCUT2D eigenvalue weighted by molar-refractivity contribution is 7.13. The molecule has 0 unspecified atom stereocenters. The van der Waals surface area contributed by atoms with Gasteiger partial charge in [0.1, 0.15) is 10.7 Å². The summed E-state index contributed by atoms with van der Waals surface area (Å²) in [6.45, 7) is 0. The van der Waals surface area contributed by atoms with E-state index in [0.717, 1.165) is 35.2 Å². The average Bonchev–Trinajstić information content (AvgIpc) is 3.43. The van der Waals surface area contributed by atoms with E-state index in [1.165, 1.54) is 17.5 Å². The fourth-order valence-corrected chi connectivity index (χ4v) is 3.85. The third-order valence-corrected chi connectivity index (χ3v) is 5.62. The van der Waals surface area contributed by atoms with Gasteiger partial charge in [-0.05, 0) is 49.4 Å². The lowest BCUT2D eigenvalue weighted by atomic mass is 10.0. The molecule has 144 valence electrons. The SMILES string of the molecule is O=C(c1cccc(-c2nc(CCc3ccnc(C(F)(F)F)c3)cs2)c1)C1CC1. The Balaban J connectivity index is 1.45. The Labute approximate surface area is 164 Å². The van der Waals surface area contributed by atoms with Gasteiger partial charge in [0.2, 0.25) is 0 Å². The van der Waals surface area contributed by atoms with Crippen molar-refractivity contribution < 1.29 is 18.0 Å². The molecule has 1 aromatic carbocycles. The fourth-order valence-electron chi connectivity index (χ4n) is 3.00. The van der Waals surface area contributed by atoms with Crippen molar-refractivity contribution >= 4 is 17.1 Å². The minimum atomic E-state index is -4.44. The van der Waals surface area contributed by atoms with Gasteiger partial charge in [0.05, 0.1) is 5.69 Å². The van der Waals surface area contributed by atoms with E-state index in [0.29, 0.717) is 24.0 Å². The van der Waals surface area contributed by atoms with E-state index in [2.05, 4.69) is 9.97 Å². The fraction of sp³-hybridized carbons (Fsp3) is 0.286. The molecule has 1 aliphatic rings. The highest BCUT2D eigenvalue weighted by Crippen LogP contribution is 2.34. The molecule has 0 radical (unpaired) electrons. The number of carbonyl (C=O) groups is 1. The van der Waals surface area contributed by atoms with Gasteiger partial charge in [-0.3, -0.25) is 9.78 Å². The smallest absolute Gasteiger partial charge is 0.294 e. The first-order valence-corrected chi connectivity index (χ1v) is 9.89. The van der Waals surface area contributed by atoms with Crippen LogP contribution in [0.25, 0.3) is 10.6 Å². The van der Waals surface area contributed by atoms with E-state index in [1.807, 2.05) is 29.6 Å². The maximum absolute atomic E-state index is 12.8. The number of benzene rings is 1. The number of halogens is 3. The van der Waals surface area contributed by atoms with Gasteiger partial charge in [-0.1, -0.05) is 18.2 Å². The largest absolute Gasteiger partial charge is 0.433 e. The van der Waals surface area contributed by atoms with Gasteiger partial charge in [0, 0.05) is 28.6 Å². The first-order chi connectivity index (χ1) is 13.4. The molecule has 1 aliphatic carbocycles. The second kappa shape index (κ2) is 7.47. The zero-order valence-corrected chi connectivity index (χ0v) is 15.7. The van der Waals surface area contributed by atoms with Crippen LogP contribution in [0.4, 0.5) is 13.2 Å². The second-order valence-electron chi connectivity index (χ2n) is 6.91. The van der Waals surface area contributed by atoms with Gasteiger partial charge >= 0.3 is 6.18 Å². The number of aromatic nitrogens is 2. The highest BCUT2D eigenvalue weighted by atomic mass is 32.1. The van der Waals surface area contributed by atoms with Crippen LogP contribution in [0.5, 0.6) is 0 Å². The summed E-state index contributed by atoms with van der Waals surface area (Å²) in [5.74, 6) is 0.362. The summed E-state index contributed by atoms with van der Waals surface area (Å²) in [6, 6.07) is 10.2. The molecule has 0 aliphatic heterocycles. The molecule has 0 amide bonds. The van der Waals surface area contributed by atoms with Gasteiger partial charge in [0.25, 0.3) is 0 Å². The monoisotopic (exact) mass is 402 g/mol. The lowest BCUT2D eigenvalue weighted by molar-refractivity contribution is -0.141. The van der Waals surface area contributed by atoms with E-state index in [9.17, 15) is 18.0 Å². The van der Waals surface area contributed by atoms with Crippen LogP contribution in [-0.4, -0.2) is 15.8 Å². The van der Waals surface area contributed by atoms with Gasteiger partial charge in [-0.2, -0.15) is 13.2 Å². The minimum Gasteiger partial charge on any atom is -0.294 e. The normalized spacial score (nSPS) is 14.2. The number of thiazole rings is 1. The summed E-state index contributed by atoms with van der Waals surface area (Å²) in [6.07, 6.45) is -0.321.